The molecule has 9 nitrogen and oxygen atoms in total. The van der Waals surface area contributed by atoms with Gasteiger partial charge >= 0.3 is 5.97 Å². The van der Waals surface area contributed by atoms with Gasteiger partial charge in [0.15, 0.2) is 4.80 Å². The molecule has 188 valence electrons. The van der Waals surface area contributed by atoms with Crippen LogP contribution in [-0.2, 0) is 9.53 Å². The second kappa shape index (κ2) is 9.92. The molecule has 5 rings (SSSR count). The third kappa shape index (κ3) is 4.57. The van der Waals surface area contributed by atoms with Crippen LogP contribution in [0.1, 0.15) is 30.5 Å². The normalized spacial score (nSPS) is 15.4. The Bertz CT molecular complexity index is 1750. The van der Waals surface area contributed by atoms with Crippen LogP contribution in [0.4, 0.5) is 5.69 Å². The van der Waals surface area contributed by atoms with Crippen molar-refractivity contribution >= 4 is 52.0 Å². The number of non-ortho nitro benzene ring substituents is 1. The highest BCUT2D eigenvalue weighted by molar-refractivity contribution is 7.10. The molecule has 0 amide bonds. The van der Waals surface area contributed by atoms with Gasteiger partial charge in [0.25, 0.3) is 11.2 Å². The molecule has 1 aliphatic heterocycles. The van der Waals surface area contributed by atoms with E-state index < -0.39 is 16.9 Å². The van der Waals surface area contributed by atoms with Gasteiger partial charge in [0, 0.05) is 28.6 Å². The zero-order valence-electron chi connectivity index (χ0n) is 19.5. The van der Waals surface area contributed by atoms with Crippen molar-refractivity contribution in [1.82, 2.24) is 4.57 Å². The summed E-state index contributed by atoms with van der Waals surface area (Å²) in [5.41, 5.74) is 0.872. The lowest BCUT2D eigenvalue weighted by atomic mass is 10.0. The van der Waals surface area contributed by atoms with Gasteiger partial charge in [-0.25, -0.2) is 9.79 Å². The number of rotatable bonds is 6. The molecule has 4 heterocycles. The standard InChI is InChI=1S/C25H18ClN3O6S2/c1-3-34-24(31)21-13(2)27-25-28(22(21)19-5-4-10-36-19)23(30)20(37-25)12-15-7-9-18(35-15)16-8-6-14(29(32)33)11-17(16)26/h4-12,22H,3H2,1-2H3/b20-12-/t22-/m1/s1. The van der Waals surface area contributed by atoms with E-state index in [4.69, 9.17) is 20.8 Å². The van der Waals surface area contributed by atoms with Crippen molar-refractivity contribution < 1.29 is 18.9 Å². The van der Waals surface area contributed by atoms with E-state index in [2.05, 4.69) is 4.99 Å². The Balaban J connectivity index is 1.59. The minimum absolute atomic E-state index is 0.126. The van der Waals surface area contributed by atoms with Gasteiger partial charge in [-0.1, -0.05) is 29.0 Å². The van der Waals surface area contributed by atoms with E-state index in [1.165, 1.54) is 45.4 Å². The minimum atomic E-state index is -0.650. The van der Waals surface area contributed by atoms with E-state index in [0.717, 1.165) is 4.88 Å². The number of furan rings is 1. The summed E-state index contributed by atoms with van der Waals surface area (Å²) >= 11 is 8.86. The van der Waals surface area contributed by atoms with Crippen LogP contribution in [0.3, 0.4) is 0 Å². The lowest BCUT2D eigenvalue weighted by molar-refractivity contribution is -0.384. The van der Waals surface area contributed by atoms with Gasteiger partial charge in [-0.3, -0.25) is 19.5 Å². The second-order valence-electron chi connectivity index (χ2n) is 7.94. The van der Waals surface area contributed by atoms with Crippen LogP contribution in [0.2, 0.25) is 5.02 Å². The summed E-state index contributed by atoms with van der Waals surface area (Å²) in [5.74, 6) is 0.284. The van der Waals surface area contributed by atoms with Crippen LogP contribution < -0.4 is 14.9 Å². The minimum Gasteiger partial charge on any atom is -0.463 e. The average molecular weight is 556 g/mol. The maximum atomic E-state index is 13.6. The van der Waals surface area contributed by atoms with E-state index in [1.54, 1.807) is 32.1 Å². The predicted octanol–water partition coefficient (Wildman–Crippen LogP) is 4.68. The summed E-state index contributed by atoms with van der Waals surface area (Å²) in [7, 11) is 0. The molecule has 4 aromatic rings. The quantitative estimate of drug-likeness (QED) is 0.194. The molecule has 0 fully saturated rings. The van der Waals surface area contributed by atoms with Crippen molar-refractivity contribution in [3.8, 4) is 11.3 Å². The zero-order chi connectivity index (χ0) is 26.3. The summed E-state index contributed by atoms with van der Waals surface area (Å²) in [6.07, 6.45) is 1.60. The maximum Gasteiger partial charge on any atom is 0.338 e. The number of nitrogens with zero attached hydrogens (tertiary/aromatic N) is 3. The molecule has 0 saturated carbocycles. The number of halogens is 1. The molecule has 0 bridgehead atoms. The highest BCUT2D eigenvalue weighted by atomic mass is 35.5. The molecule has 0 unspecified atom stereocenters. The SMILES string of the molecule is CCOC(=O)C1=C(C)N=c2s/c(=C\c3ccc(-c4ccc([N+](=O)[O-])cc4Cl)o3)c(=O)n2[C@@H]1c1cccs1. The maximum absolute atomic E-state index is 13.6. The van der Waals surface area contributed by atoms with E-state index in [1.807, 2.05) is 17.5 Å². The van der Waals surface area contributed by atoms with Gasteiger partial charge in [0.2, 0.25) is 0 Å². The molecule has 0 aliphatic carbocycles. The van der Waals surface area contributed by atoms with E-state index in [-0.39, 0.29) is 22.9 Å². The molecule has 0 N–H and O–H groups in total. The van der Waals surface area contributed by atoms with Crippen LogP contribution in [-0.4, -0.2) is 22.1 Å². The van der Waals surface area contributed by atoms with E-state index in [0.29, 0.717) is 37.7 Å². The molecule has 37 heavy (non-hydrogen) atoms. The smallest absolute Gasteiger partial charge is 0.338 e. The third-order valence-corrected chi connectivity index (χ3v) is 7.88. The Morgan fingerprint density at radius 1 is 1.32 bits per heavy atom. The molecule has 12 heteroatoms. The number of fused-ring (bicyclic) bond motifs is 1. The zero-order valence-corrected chi connectivity index (χ0v) is 21.9. The number of aromatic nitrogens is 1. The number of thiophene rings is 1. The molecular weight excluding hydrogens is 538 g/mol. The first-order valence-electron chi connectivity index (χ1n) is 11.1. The van der Waals surface area contributed by atoms with Crippen LogP contribution in [0.25, 0.3) is 17.4 Å². The number of benzene rings is 1. The summed E-state index contributed by atoms with van der Waals surface area (Å²) in [6.45, 7) is 3.66. The number of carbonyl (C=O) groups is 1. The average Bonchev–Trinajstić information content (AvgIpc) is 3.60. The molecular formula is C25H18ClN3O6S2. The van der Waals surface area contributed by atoms with Crippen molar-refractivity contribution in [2.45, 2.75) is 19.9 Å². The van der Waals surface area contributed by atoms with Gasteiger partial charge in [-0.2, -0.15) is 0 Å². The summed E-state index contributed by atoms with van der Waals surface area (Å²) < 4.78 is 13.0. The Labute approximate surface area is 222 Å². The molecule has 1 aromatic carbocycles. The summed E-state index contributed by atoms with van der Waals surface area (Å²) in [6, 6.07) is 10.5. The predicted molar refractivity (Wildman–Crippen MR) is 141 cm³/mol. The van der Waals surface area contributed by atoms with Crippen molar-refractivity contribution in [2.24, 2.45) is 4.99 Å². The fourth-order valence-corrected chi connectivity index (χ4v) is 6.15. The number of allylic oxidation sites excluding steroid dienone is 1. The molecule has 0 radical (unpaired) electrons. The highest BCUT2D eigenvalue weighted by Gasteiger charge is 2.33. The van der Waals surface area contributed by atoms with Crippen molar-refractivity contribution in [3.05, 3.63) is 105 Å². The van der Waals surface area contributed by atoms with Gasteiger partial charge < -0.3 is 9.15 Å². The van der Waals surface area contributed by atoms with Crippen LogP contribution in [0.5, 0.6) is 0 Å². The number of hydrogen-bond donors (Lipinski definition) is 0. The van der Waals surface area contributed by atoms with Gasteiger partial charge in [0.1, 0.15) is 17.6 Å². The van der Waals surface area contributed by atoms with E-state index >= 15 is 0 Å². The van der Waals surface area contributed by atoms with Crippen molar-refractivity contribution in [3.63, 3.8) is 0 Å². The monoisotopic (exact) mass is 555 g/mol. The van der Waals surface area contributed by atoms with Crippen LogP contribution >= 0.6 is 34.3 Å². The Morgan fingerprint density at radius 2 is 2.14 bits per heavy atom. The fourth-order valence-electron chi connectivity index (χ4n) is 4.03. The molecule has 0 spiro atoms. The van der Waals surface area contributed by atoms with Gasteiger partial charge in [-0.05, 0) is 43.5 Å². The number of esters is 1. The number of hydrogen-bond acceptors (Lipinski definition) is 9. The van der Waals surface area contributed by atoms with Crippen LogP contribution in [0.15, 0.2) is 73.3 Å². The topological polar surface area (TPSA) is 117 Å². The Kier molecular flexibility index (Phi) is 6.67. The lowest BCUT2D eigenvalue weighted by Crippen LogP contribution is -2.39. The number of nitro benzene ring substituents is 1. The number of carbonyl (C=O) groups excluding carboxylic acids is 1. The Hall–Kier alpha value is -3.80. The van der Waals surface area contributed by atoms with Crippen molar-refractivity contribution in [1.29, 1.82) is 0 Å². The first kappa shape index (κ1) is 24.9. The number of nitro groups is 1. The van der Waals surface area contributed by atoms with E-state index in [9.17, 15) is 19.7 Å². The molecule has 1 aliphatic rings. The lowest BCUT2D eigenvalue weighted by Gasteiger charge is -2.23. The number of thiazole rings is 1. The first-order chi connectivity index (χ1) is 17.8. The molecule has 0 saturated heterocycles. The largest absolute Gasteiger partial charge is 0.463 e. The number of ether oxygens (including phenoxy) is 1. The third-order valence-electron chi connectivity index (χ3n) is 5.66. The van der Waals surface area contributed by atoms with Crippen LogP contribution in [0, 0.1) is 10.1 Å². The van der Waals surface area contributed by atoms with Gasteiger partial charge in [0.05, 0.1) is 32.4 Å². The Morgan fingerprint density at radius 3 is 2.81 bits per heavy atom. The highest BCUT2D eigenvalue weighted by Crippen LogP contribution is 2.34. The summed E-state index contributed by atoms with van der Waals surface area (Å²) in [5, 5.41) is 13.0. The molecule has 3 aromatic heterocycles. The summed E-state index contributed by atoms with van der Waals surface area (Å²) in [4.78, 5) is 42.7. The fraction of sp³-hybridized carbons (Fsp3) is 0.160. The molecule has 1 atom stereocenters. The van der Waals surface area contributed by atoms with Crippen molar-refractivity contribution in [2.75, 3.05) is 6.61 Å². The first-order valence-corrected chi connectivity index (χ1v) is 13.1. The second-order valence-corrected chi connectivity index (χ2v) is 10.3. The van der Waals surface area contributed by atoms with Gasteiger partial charge in [-0.15, -0.1) is 11.3 Å².